The first kappa shape index (κ1) is 13.8. The van der Waals surface area contributed by atoms with E-state index in [0.29, 0.717) is 12.1 Å². The highest BCUT2D eigenvalue weighted by molar-refractivity contribution is 9.10. The molecule has 3 nitrogen and oxygen atoms in total. The zero-order valence-corrected chi connectivity index (χ0v) is 13.2. The summed E-state index contributed by atoms with van der Waals surface area (Å²) in [7, 11) is 0. The number of carbonyl (C=O) groups excluding carboxylic acids is 2. The number of benzene rings is 1. The van der Waals surface area contributed by atoms with Crippen LogP contribution in [-0.2, 0) is 9.59 Å². The van der Waals surface area contributed by atoms with Crippen molar-refractivity contribution < 1.29 is 9.59 Å². The quantitative estimate of drug-likeness (QED) is 0.728. The van der Waals surface area contributed by atoms with Crippen molar-refractivity contribution in [2.75, 3.05) is 4.90 Å². The van der Waals surface area contributed by atoms with Gasteiger partial charge in [0.25, 0.3) is 0 Å². The van der Waals surface area contributed by atoms with Crippen LogP contribution in [0.15, 0.2) is 22.7 Å². The lowest BCUT2D eigenvalue weighted by Gasteiger charge is -2.30. The summed E-state index contributed by atoms with van der Waals surface area (Å²) >= 11 is 3.51. The minimum absolute atomic E-state index is 0.00787. The second-order valence-electron chi connectivity index (χ2n) is 5.96. The minimum atomic E-state index is -0.418. The molecule has 20 heavy (non-hydrogen) atoms. The third-order valence-electron chi connectivity index (χ3n) is 4.62. The Balaban J connectivity index is 2.00. The van der Waals surface area contributed by atoms with Crippen LogP contribution in [-0.4, -0.2) is 11.8 Å². The van der Waals surface area contributed by atoms with Gasteiger partial charge in [-0.3, -0.25) is 9.59 Å². The van der Waals surface area contributed by atoms with Gasteiger partial charge < -0.3 is 0 Å². The summed E-state index contributed by atoms with van der Waals surface area (Å²) in [4.78, 5) is 26.7. The Labute approximate surface area is 127 Å². The summed E-state index contributed by atoms with van der Waals surface area (Å²) < 4.78 is 0.842. The molecule has 1 aromatic rings. The van der Waals surface area contributed by atoms with Crippen LogP contribution >= 0.6 is 15.9 Å². The molecule has 3 rings (SSSR count). The van der Waals surface area contributed by atoms with E-state index in [-0.39, 0.29) is 11.8 Å². The van der Waals surface area contributed by atoms with Crippen LogP contribution in [0.4, 0.5) is 5.69 Å². The van der Waals surface area contributed by atoms with Gasteiger partial charge in [0.05, 0.1) is 11.1 Å². The number of rotatable bonds is 1. The molecule has 1 saturated heterocycles. The van der Waals surface area contributed by atoms with Gasteiger partial charge in [0, 0.05) is 10.9 Å². The molecule has 1 aromatic carbocycles. The molecule has 0 N–H and O–H groups in total. The van der Waals surface area contributed by atoms with E-state index in [9.17, 15) is 9.59 Å². The van der Waals surface area contributed by atoms with Crippen molar-refractivity contribution in [2.24, 2.45) is 5.41 Å². The van der Waals surface area contributed by atoms with E-state index in [4.69, 9.17) is 0 Å². The SMILES string of the molecule is Cc1cccc(N2C(=O)CC3(CCCCC3)C2=O)c1Br. The zero-order valence-electron chi connectivity index (χ0n) is 11.6. The minimum Gasteiger partial charge on any atom is -0.274 e. The smallest absolute Gasteiger partial charge is 0.240 e. The van der Waals surface area contributed by atoms with Crippen molar-refractivity contribution >= 4 is 33.4 Å². The molecule has 0 radical (unpaired) electrons. The number of aryl methyl sites for hydroxylation is 1. The van der Waals surface area contributed by atoms with E-state index < -0.39 is 5.41 Å². The molecule has 1 aliphatic carbocycles. The fraction of sp³-hybridized carbons (Fsp3) is 0.500. The van der Waals surface area contributed by atoms with Gasteiger partial charge >= 0.3 is 0 Å². The lowest BCUT2D eigenvalue weighted by Crippen LogP contribution is -2.37. The number of imide groups is 1. The number of hydrogen-bond donors (Lipinski definition) is 0. The molecular weight excluding hydrogens is 318 g/mol. The van der Waals surface area contributed by atoms with Crippen LogP contribution in [0.25, 0.3) is 0 Å². The predicted molar refractivity (Wildman–Crippen MR) is 81.5 cm³/mol. The topological polar surface area (TPSA) is 37.4 Å². The monoisotopic (exact) mass is 335 g/mol. The van der Waals surface area contributed by atoms with Gasteiger partial charge in [0.1, 0.15) is 0 Å². The number of halogens is 1. The van der Waals surface area contributed by atoms with Crippen molar-refractivity contribution in [3.8, 4) is 0 Å². The molecule has 0 aromatic heterocycles. The first-order chi connectivity index (χ1) is 9.55. The maximum atomic E-state index is 12.8. The average Bonchev–Trinajstić information content (AvgIpc) is 2.66. The Morgan fingerprint density at radius 1 is 1.15 bits per heavy atom. The van der Waals surface area contributed by atoms with E-state index in [2.05, 4.69) is 15.9 Å². The summed E-state index contributed by atoms with van der Waals surface area (Å²) in [5, 5.41) is 0. The van der Waals surface area contributed by atoms with E-state index in [1.54, 1.807) is 0 Å². The van der Waals surface area contributed by atoms with E-state index >= 15 is 0 Å². The number of hydrogen-bond acceptors (Lipinski definition) is 2. The van der Waals surface area contributed by atoms with Gasteiger partial charge in [-0.15, -0.1) is 0 Å². The Hall–Kier alpha value is -1.16. The Kier molecular flexibility index (Phi) is 3.44. The summed E-state index contributed by atoms with van der Waals surface area (Å²) in [6, 6.07) is 5.70. The van der Waals surface area contributed by atoms with Crippen LogP contribution in [0, 0.1) is 12.3 Å². The molecule has 1 saturated carbocycles. The highest BCUT2D eigenvalue weighted by Gasteiger charge is 2.52. The number of nitrogens with zero attached hydrogens (tertiary/aromatic N) is 1. The lowest BCUT2D eigenvalue weighted by molar-refractivity contribution is -0.127. The van der Waals surface area contributed by atoms with Gasteiger partial charge in [0.2, 0.25) is 11.8 Å². The van der Waals surface area contributed by atoms with Crippen LogP contribution in [0.1, 0.15) is 44.1 Å². The van der Waals surface area contributed by atoms with Gasteiger partial charge in [-0.25, -0.2) is 4.90 Å². The molecule has 2 amide bonds. The molecule has 1 heterocycles. The Bertz CT molecular complexity index is 576. The molecule has 0 atom stereocenters. The van der Waals surface area contributed by atoms with Crippen LogP contribution in [0.3, 0.4) is 0 Å². The molecule has 106 valence electrons. The summed E-state index contributed by atoms with van der Waals surface area (Å²) in [5.74, 6) is -0.0447. The van der Waals surface area contributed by atoms with Gasteiger partial charge in [-0.2, -0.15) is 0 Å². The molecule has 0 bridgehead atoms. The summed E-state index contributed by atoms with van der Waals surface area (Å²) in [6.07, 6.45) is 5.39. The summed E-state index contributed by atoms with van der Waals surface area (Å²) in [5.41, 5.74) is 1.31. The van der Waals surface area contributed by atoms with Crippen LogP contribution in [0.5, 0.6) is 0 Å². The van der Waals surface area contributed by atoms with Gasteiger partial charge in [0.15, 0.2) is 0 Å². The molecule has 0 unspecified atom stereocenters. The van der Waals surface area contributed by atoms with E-state index in [1.165, 1.54) is 11.3 Å². The van der Waals surface area contributed by atoms with Gasteiger partial charge in [-0.05, 0) is 47.3 Å². The second kappa shape index (κ2) is 4.99. The van der Waals surface area contributed by atoms with Crippen molar-refractivity contribution in [2.45, 2.75) is 45.4 Å². The average molecular weight is 336 g/mol. The maximum absolute atomic E-state index is 12.8. The van der Waals surface area contributed by atoms with Crippen molar-refractivity contribution in [3.63, 3.8) is 0 Å². The predicted octanol–water partition coefficient (Wildman–Crippen LogP) is 3.97. The second-order valence-corrected chi connectivity index (χ2v) is 6.75. The highest BCUT2D eigenvalue weighted by atomic mass is 79.9. The Morgan fingerprint density at radius 2 is 1.85 bits per heavy atom. The van der Waals surface area contributed by atoms with Crippen molar-refractivity contribution in [1.82, 2.24) is 0 Å². The standard InChI is InChI=1S/C16H18BrNO2/c1-11-6-5-7-12(14(11)17)18-13(19)10-16(15(18)20)8-3-2-4-9-16/h5-7H,2-4,8-10H2,1H3. The third kappa shape index (κ3) is 2.01. The molecule has 1 aliphatic heterocycles. The molecule has 1 spiro atoms. The number of amides is 2. The van der Waals surface area contributed by atoms with E-state index in [1.807, 2.05) is 25.1 Å². The normalized spacial score (nSPS) is 21.8. The fourth-order valence-corrected chi connectivity index (χ4v) is 3.90. The highest BCUT2D eigenvalue weighted by Crippen LogP contribution is 2.47. The zero-order chi connectivity index (χ0) is 14.3. The van der Waals surface area contributed by atoms with Crippen molar-refractivity contribution in [1.29, 1.82) is 0 Å². The largest absolute Gasteiger partial charge is 0.274 e. The van der Waals surface area contributed by atoms with Crippen LogP contribution < -0.4 is 4.90 Å². The Morgan fingerprint density at radius 3 is 2.55 bits per heavy atom. The first-order valence-electron chi connectivity index (χ1n) is 7.18. The third-order valence-corrected chi connectivity index (χ3v) is 5.65. The maximum Gasteiger partial charge on any atom is 0.240 e. The number of carbonyl (C=O) groups is 2. The molecule has 2 fully saturated rings. The number of anilines is 1. The molecule has 2 aliphatic rings. The lowest BCUT2D eigenvalue weighted by atomic mass is 9.73. The van der Waals surface area contributed by atoms with Crippen LogP contribution in [0.2, 0.25) is 0 Å². The molecular formula is C16H18BrNO2. The fourth-order valence-electron chi connectivity index (χ4n) is 3.46. The van der Waals surface area contributed by atoms with Gasteiger partial charge in [-0.1, -0.05) is 31.4 Å². The molecule has 4 heteroatoms. The first-order valence-corrected chi connectivity index (χ1v) is 7.97. The van der Waals surface area contributed by atoms with Crippen molar-refractivity contribution in [3.05, 3.63) is 28.2 Å². The van der Waals surface area contributed by atoms with E-state index in [0.717, 1.165) is 35.7 Å². The summed E-state index contributed by atoms with van der Waals surface area (Å²) in [6.45, 7) is 1.97.